The van der Waals surface area contributed by atoms with E-state index in [1.807, 2.05) is 12.2 Å². The van der Waals surface area contributed by atoms with Crippen LogP contribution in [0.25, 0.3) is 0 Å². The van der Waals surface area contributed by atoms with Crippen LogP contribution in [0.15, 0.2) is 53.5 Å². The molecule has 2 heterocycles. The molecule has 1 aromatic rings. The number of aromatic nitrogens is 2. The minimum absolute atomic E-state index is 0.0122. The maximum atomic E-state index is 12.9. The first-order valence-electron chi connectivity index (χ1n) is 25.5. The van der Waals surface area contributed by atoms with E-state index in [0.29, 0.717) is 6.42 Å². The molecule has 0 aromatic carbocycles. The number of nitrogen functional groups attached to an aromatic ring is 1. The molecule has 0 radical (unpaired) electrons. The average Bonchev–Trinajstić information content (AvgIpc) is 3.59. The number of hydrogen-bond acceptors (Lipinski definition) is 16. The van der Waals surface area contributed by atoms with Gasteiger partial charge in [0.15, 0.2) is 12.3 Å². The molecule has 2 rings (SSSR count). The Morgan fingerprint density at radius 1 is 0.800 bits per heavy atom. The van der Waals surface area contributed by atoms with Gasteiger partial charge in [0.1, 0.15) is 30.7 Å². The molecule has 1 aromatic heterocycles. The van der Waals surface area contributed by atoms with Crippen LogP contribution in [0.5, 0.6) is 0 Å². The predicted molar refractivity (Wildman–Crippen MR) is 267 cm³/mol. The number of nitrogens with zero attached hydrogens (tertiary/aromatic N) is 2. The zero-order chi connectivity index (χ0) is 51.6. The zero-order valence-corrected chi connectivity index (χ0v) is 43.6. The number of anilines is 1. The Balaban J connectivity index is 1.85. The van der Waals surface area contributed by atoms with Crippen molar-refractivity contribution >= 4 is 33.4 Å². The topological polar surface area (TPSA) is 286 Å². The molecule has 1 aliphatic heterocycles. The summed E-state index contributed by atoms with van der Waals surface area (Å²) in [7, 11) is -10.9. The Morgan fingerprint density at radius 3 is 2.10 bits per heavy atom. The number of phosphoric ester groups is 2. The predicted octanol–water partition coefficient (Wildman–Crippen LogP) is 9.22. The summed E-state index contributed by atoms with van der Waals surface area (Å²) in [4.78, 5) is 61.9. The van der Waals surface area contributed by atoms with Crippen molar-refractivity contribution in [1.82, 2.24) is 9.55 Å². The summed E-state index contributed by atoms with van der Waals surface area (Å²) in [5.41, 5.74) is 4.57. The summed E-state index contributed by atoms with van der Waals surface area (Å²) < 4.78 is 56.6. The smallest absolute Gasteiger partial charge is 0.462 e. The normalized spacial score (nSPS) is 20.5. The van der Waals surface area contributed by atoms with Crippen LogP contribution in [0.3, 0.4) is 0 Å². The summed E-state index contributed by atoms with van der Waals surface area (Å²) >= 11 is 0. The maximum Gasteiger partial charge on any atom is 0.481 e. The van der Waals surface area contributed by atoms with Crippen LogP contribution in [0.1, 0.15) is 181 Å². The van der Waals surface area contributed by atoms with Crippen LogP contribution in [0, 0.1) is 5.92 Å². The van der Waals surface area contributed by atoms with Crippen molar-refractivity contribution in [1.29, 1.82) is 0 Å². The third-order valence-electron chi connectivity index (χ3n) is 11.9. The van der Waals surface area contributed by atoms with Gasteiger partial charge in [-0.25, -0.2) is 13.9 Å². The van der Waals surface area contributed by atoms with E-state index in [2.05, 4.69) is 42.2 Å². The lowest BCUT2D eigenvalue weighted by Gasteiger charge is -2.21. The monoisotopic (exact) mass is 1030 g/mol. The Hall–Kier alpha value is -3.06. The Kier molecular flexibility index (Phi) is 33.1. The highest BCUT2D eigenvalue weighted by atomic mass is 31.3. The van der Waals surface area contributed by atoms with Crippen molar-refractivity contribution in [2.24, 2.45) is 5.92 Å². The molecule has 4 unspecified atom stereocenters. The summed E-state index contributed by atoms with van der Waals surface area (Å²) in [6.07, 6.45) is 26.9. The molecular formula is C49H85N3O16P2. The van der Waals surface area contributed by atoms with E-state index in [0.717, 1.165) is 55.2 Å². The van der Waals surface area contributed by atoms with Crippen molar-refractivity contribution in [2.75, 3.05) is 25.6 Å². The highest BCUT2D eigenvalue weighted by Gasteiger charge is 2.46. The molecule has 1 fully saturated rings. The third kappa shape index (κ3) is 29.5. The number of aliphatic hydroxyl groups is 3. The number of carbonyl (C=O) groups is 2. The minimum atomic E-state index is -5.46. The number of hydrogen-bond donors (Lipinski definition) is 6. The van der Waals surface area contributed by atoms with E-state index >= 15 is 0 Å². The lowest BCUT2D eigenvalue weighted by molar-refractivity contribution is -0.161. The van der Waals surface area contributed by atoms with Gasteiger partial charge >= 0.3 is 33.3 Å². The van der Waals surface area contributed by atoms with Gasteiger partial charge in [0, 0.05) is 19.0 Å². The van der Waals surface area contributed by atoms with Crippen LogP contribution in [-0.2, 0) is 46.3 Å². The quantitative estimate of drug-likeness (QED) is 0.0117. The van der Waals surface area contributed by atoms with E-state index < -0.39 is 89.8 Å². The fourth-order valence-electron chi connectivity index (χ4n) is 7.47. The van der Waals surface area contributed by atoms with Crippen LogP contribution in [-0.4, -0.2) is 96.9 Å². The number of ether oxygens (including phenoxy) is 3. The first kappa shape index (κ1) is 63.1. The van der Waals surface area contributed by atoms with Gasteiger partial charge in [0.2, 0.25) is 0 Å². The maximum absolute atomic E-state index is 12.9. The van der Waals surface area contributed by atoms with Gasteiger partial charge < -0.3 is 45.1 Å². The fourth-order valence-corrected chi connectivity index (χ4v) is 9.58. The Labute approximate surface area is 415 Å². The second-order valence-electron chi connectivity index (χ2n) is 18.1. The molecule has 21 heteroatoms. The molecule has 0 saturated carbocycles. The summed E-state index contributed by atoms with van der Waals surface area (Å²) in [6, 6.07) is 1.24. The minimum Gasteiger partial charge on any atom is -0.462 e. The fraction of sp³-hybridized carbons (Fsp3) is 0.755. The van der Waals surface area contributed by atoms with Crippen molar-refractivity contribution in [2.45, 2.75) is 212 Å². The summed E-state index contributed by atoms with van der Waals surface area (Å²) in [6.45, 7) is 4.27. The van der Waals surface area contributed by atoms with Crippen molar-refractivity contribution in [3.05, 3.63) is 59.2 Å². The van der Waals surface area contributed by atoms with Gasteiger partial charge in [-0.15, -0.1) is 0 Å². The SMILES string of the molecule is CCCCCCCC/C=C/C/C=C/C=C/C(O)CCCC(=O)OC[C@H](COP(=O)(O)OP(=O)(O)OC[C@H]1O[C@@H](n2ccc(N)nc2=O)[C@H](O)[C@@H]1O)OC(=O)CCCCCCCCCCCCC(C)CC. The first-order chi connectivity index (χ1) is 33.5. The number of unbranched alkanes of at least 4 members (excludes halogenated alkanes) is 15. The third-order valence-corrected chi connectivity index (χ3v) is 14.5. The molecule has 9 atom stereocenters. The zero-order valence-electron chi connectivity index (χ0n) is 41.8. The number of nitrogens with two attached hydrogens (primary N) is 1. The van der Waals surface area contributed by atoms with Gasteiger partial charge in [0.25, 0.3) is 0 Å². The summed E-state index contributed by atoms with van der Waals surface area (Å²) in [5, 5.41) is 31.3. The largest absolute Gasteiger partial charge is 0.481 e. The molecule has 0 amide bonds. The van der Waals surface area contributed by atoms with E-state index in [4.69, 9.17) is 29.0 Å². The molecule has 1 saturated heterocycles. The molecule has 19 nitrogen and oxygen atoms in total. The second kappa shape index (κ2) is 36.8. The number of allylic oxidation sites excluding steroid dienone is 5. The summed E-state index contributed by atoms with van der Waals surface area (Å²) in [5.74, 6) is -0.711. The van der Waals surface area contributed by atoms with E-state index in [1.54, 1.807) is 12.2 Å². The van der Waals surface area contributed by atoms with Gasteiger partial charge in [-0.2, -0.15) is 9.29 Å². The lowest BCUT2D eigenvalue weighted by Crippen LogP contribution is -2.36. The number of rotatable bonds is 41. The van der Waals surface area contributed by atoms with Gasteiger partial charge in [-0.05, 0) is 50.5 Å². The van der Waals surface area contributed by atoms with Crippen LogP contribution in [0.2, 0.25) is 0 Å². The lowest BCUT2D eigenvalue weighted by atomic mass is 9.99. The van der Waals surface area contributed by atoms with Gasteiger partial charge in [-0.3, -0.25) is 23.2 Å². The molecule has 0 aliphatic carbocycles. The standard InChI is InChI=1S/C49H85N3O16P2/c1-4-6-7-8-9-10-11-12-13-17-20-23-26-30-40(53)31-28-33-44(54)63-36-41(66-45(55)32-27-24-21-18-15-14-16-19-22-25-29-39(3)5-2)37-64-69(59,60)68-70(61,62)65-38-42-46(56)47(57)48(67-42)52-35-34-43(50)51-49(52)58/h12-13,20,23,26,30,34-35,39-42,46-48,53,56-57H,4-11,14-19,21-22,24-25,27-29,31-33,36-38H2,1-3H3,(H,59,60)(H,61,62)(H2,50,51,58)/b13-12+,23-20+,30-26+/t39?,40?,41-,42-,46-,47-,48-/m1/s1. The van der Waals surface area contributed by atoms with E-state index in [9.17, 15) is 48.6 Å². The number of esters is 2. The highest BCUT2D eigenvalue weighted by Crippen LogP contribution is 2.60. The molecular weight excluding hydrogens is 948 g/mol. The van der Waals surface area contributed by atoms with Gasteiger partial charge in [-0.1, -0.05) is 160 Å². The molecule has 1 aliphatic rings. The number of aliphatic hydroxyl groups excluding tert-OH is 3. The van der Waals surface area contributed by atoms with Crippen LogP contribution < -0.4 is 11.4 Å². The Bertz CT molecular complexity index is 1850. The Morgan fingerprint density at radius 2 is 1.43 bits per heavy atom. The molecule has 70 heavy (non-hydrogen) atoms. The van der Waals surface area contributed by atoms with Crippen molar-refractivity contribution in [3.63, 3.8) is 0 Å². The average molecular weight is 1030 g/mol. The molecule has 0 spiro atoms. The van der Waals surface area contributed by atoms with Gasteiger partial charge in [0.05, 0.1) is 19.3 Å². The second-order valence-corrected chi connectivity index (χ2v) is 21.2. The first-order valence-corrected chi connectivity index (χ1v) is 28.5. The van der Waals surface area contributed by atoms with E-state index in [-0.39, 0.29) is 31.5 Å². The van der Waals surface area contributed by atoms with Crippen LogP contribution in [0.4, 0.5) is 5.82 Å². The molecule has 402 valence electrons. The van der Waals surface area contributed by atoms with Crippen molar-refractivity contribution < 1.29 is 71.4 Å². The molecule has 0 bridgehead atoms. The number of phosphoric acid groups is 2. The van der Waals surface area contributed by atoms with Crippen molar-refractivity contribution in [3.8, 4) is 0 Å². The number of carbonyl (C=O) groups excluding carboxylic acids is 2. The van der Waals surface area contributed by atoms with E-state index in [1.165, 1.54) is 89.5 Å². The molecule has 7 N–H and O–H groups in total. The van der Waals surface area contributed by atoms with Crippen LogP contribution >= 0.6 is 15.6 Å². The highest BCUT2D eigenvalue weighted by molar-refractivity contribution is 7.61.